The fourth-order valence-electron chi connectivity index (χ4n) is 6.70. The molecule has 57 heavy (non-hydrogen) atoms. The van der Waals surface area contributed by atoms with Crippen molar-refractivity contribution in [3.05, 3.63) is 28.4 Å². The minimum atomic E-state index is -0.509. The standard InChI is InChI=1S/C18H25ClN6O3.C14H17Cl2N5O2.C4H9NO/c1-18(2,3)28-17(26)24-5-4-12(10-24)25-11-20-13-14(21-16(19)22-15(13)25)23-6-8-27-9-7-23;1-14(2,3)23-13(22)20-5-4-8(6-20)21-7-17-9-10(15)18-12(16)19-11(9)21;1-3-6-4-2-5-1/h11-12H,4-10H2,1-3H3;7-8H,4-6H2,1-3H3;5H,1-4H2/t12-;8-;/m00./s1. The molecule has 312 valence electrons. The molecular formula is C36H51Cl3N12O6. The number of carbonyl (C=O) groups excluding carboxylic acids is 2. The van der Waals surface area contributed by atoms with Crippen LogP contribution in [0.1, 0.15) is 66.5 Å². The zero-order chi connectivity index (χ0) is 40.9. The number of morpholine rings is 2. The van der Waals surface area contributed by atoms with Crippen molar-refractivity contribution in [1.82, 2.24) is 54.2 Å². The largest absolute Gasteiger partial charge is 0.444 e. The third kappa shape index (κ3) is 11.2. The minimum absolute atomic E-state index is 0.0505. The third-order valence-electron chi connectivity index (χ3n) is 9.30. The van der Waals surface area contributed by atoms with Crippen LogP contribution >= 0.6 is 34.8 Å². The number of carbonyl (C=O) groups is 2. The molecule has 4 aliphatic heterocycles. The van der Waals surface area contributed by atoms with Crippen LogP contribution in [0.4, 0.5) is 15.4 Å². The Balaban J connectivity index is 0.000000170. The van der Waals surface area contributed by atoms with Gasteiger partial charge in [0.05, 0.1) is 51.2 Å². The first-order valence-corrected chi connectivity index (χ1v) is 20.2. The lowest BCUT2D eigenvalue weighted by molar-refractivity contribution is 0.0278. The molecule has 0 saturated carbocycles. The molecule has 0 aliphatic carbocycles. The van der Waals surface area contributed by atoms with Gasteiger partial charge in [-0.25, -0.2) is 24.5 Å². The Morgan fingerprint density at radius 2 is 1.16 bits per heavy atom. The number of ether oxygens (including phenoxy) is 4. The van der Waals surface area contributed by atoms with Crippen molar-refractivity contribution in [1.29, 1.82) is 0 Å². The lowest BCUT2D eigenvalue weighted by atomic mass is 10.2. The summed E-state index contributed by atoms with van der Waals surface area (Å²) in [5.41, 5.74) is 1.48. The maximum atomic E-state index is 12.4. The van der Waals surface area contributed by atoms with E-state index in [1.807, 2.05) is 50.7 Å². The van der Waals surface area contributed by atoms with Crippen LogP contribution in [-0.2, 0) is 18.9 Å². The quantitative estimate of drug-likeness (QED) is 0.204. The van der Waals surface area contributed by atoms with Crippen molar-refractivity contribution in [3.8, 4) is 0 Å². The highest BCUT2D eigenvalue weighted by molar-refractivity contribution is 6.35. The van der Waals surface area contributed by atoms with Gasteiger partial charge in [0.2, 0.25) is 10.6 Å². The molecule has 1 N–H and O–H groups in total. The molecule has 0 radical (unpaired) electrons. The van der Waals surface area contributed by atoms with Crippen LogP contribution in [0.2, 0.25) is 15.7 Å². The molecular weight excluding hydrogens is 803 g/mol. The number of likely N-dealkylation sites (tertiary alicyclic amines) is 2. The summed E-state index contributed by atoms with van der Waals surface area (Å²) in [6.45, 7) is 20.1. The molecule has 18 nitrogen and oxygen atoms in total. The van der Waals surface area contributed by atoms with Gasteiger partial charge in [-0.15, -0.1) is 0 Å². The number of nitrogens with one attached hydrogen (secondary N) is 1. The Kier molecular flexibility index (Phi) is 13.8. The average molecular weight is 854 g/mol. The third-order valence-corrected chi connectivity index (χ3v) is 9.90. The van der Waals surface area contributed by atoms with Crippen molar-refractivity contribution in [2.24, 2.45) is 0 Å². The zero-order valence-corrected chi connectivity index (χ0v) is 35.5. The Labute approximate surface area is 346 Å². The van der Waals surface area contributed by atoms with Gasteiger partial charge in [-0.05, 0) is 77.6 Å². The molecule has 8 rings (SSSR count). The van der Waals surface area contributed by atoms with Crippen LogP contribution in [0.5, 0.6) is 0 Å². The van der Waals surface area contributed by atoms with Gasteiger partial charge in [0, 0.05) is 52.4 Å². The van der Waals surface area contributed by atoms with Crippen molar-refractivity contribution in [2.75, 3.05) is 83.7 Å². The van der Waals surface area contributed by atoms with Crippen molar-refractivity contribution < 1.29 is 28.5 Å². The first-order valence-electron chi connectivity index (χ1n) is 19.1. The summed E-state index contributed by atoms with van der Waals surface area (Å²) in [4.78, 5) is 55.8. The molecule has 8 heterocycles. The van der Waals surface area contributed by atoms with Gasteiger partial charge < -0.3 is 48.1 Å². The number of fused-ring (bicyclic) bond motifs is 2. The van der Waals surface area contributed by atoms with Crippen molar-refractivity contribution >= 4 is 75.1 Å². The summed E-state index contributed by atoms with van der Waals surface area (Å²) in [6, 6.07) is 0.121. The normalized spacial score (nSPS) is 20.3. The van der Waals surface area contributed by atoms with Crippen molar-refractivity contribution in [2.45, 2.75) is 77.7 Å². The van der Waals surface area contributed by atoms with Crippen LogP contribution in [0.3, 0.4) is 0 Å². The molecule has 0 aromatic carbocycles. The van der Waals surface area contributed by atoms with E-state index < -0.39 is 11.2 Å². The lowest BCUT2D eigenvalue weighted by Gasteiger charge is -2.27. The Morgan fingerprint density at radius 1 is 0.684 bits per heavy atom. The molecule has 0 unspecified atom stereocenters. The number of nitrogens with zero attached hydrogens (tertiary/aromatic N) is 11. The van der Waals surface area contributed by atoms with Crippen LogP contribution in [0, 0.1) is 0 Å². The van der Waals surface area contributed by atoms with E-state index in [1.165, 1.54) is 0 Å². The molecule has 4 fully saturated rings. The number of anilines is 1. The number of halogens is 3. The summed E-state index contributed by atoms with van der Waals surface area (Å²) in [7, 11) is 0. The van der Waals surface area contributed by atoms with Gasteiger partial charge in [0.1, 0.15) is 16.7 Å². The van der Waals surface area contributed by atoms with E-state index in [-0.39, 0.29) is 40.0 Å². The van der Waals surface area contributed by atoms with Crippen molar-refractivity contribution in [3.63, 3.8) is 0 Å². The average Bonchev–Trinajstić information content (AvgIpc) is 3.98. The maximum absolute atomic E-state index is 12.4. The smallest absolute Gasteiger partial charge is 0.410 e. The van der Waals surface area contributed by atoms with Crippen LogP contribution in [-0.4, -0.2) is 151 Å². The number of imidazole rings is 2. The molecule has 4 saturated heterocycles. The Hall–Kier alpha value is -3.81. The highest BCUT2D eigenvalue weighted by atomic mass is 35.5. The van der Waals surface area contributed by atoms with Crippen LogP contribution in [0.25, 0.3) is 22.3 Å². The molecule has 4 aromatic rings. The summed E-state index contributed by atoms with van der Waals surface area (Å²) in [5, 5.41) is 3.65. The van der Waals surface area contributed by atoms with E-state index in [1.54, 1.807) is 22.5 Å². The molecule has 4 aromatic heterocycles. The number of aromatic nitrogens is 8. The van der Waals surface area contributed by atoms with Crippen LogP contribution in [0.15, 0.2) is 12.7 Å². The monoisotopic (exact) mass is 852 g/mol. The fraction of sp³-hybridized carbons (Fsp3) is 0.667. The minimum Gasteiger partial charge on any atom is -0.444 e. The number of rotatable bonds is 3. The van der Waals surface area contributed by atoms with E-state index in [2.05, 4.69) is 40.1 Å². The summed E-state index contributed by atoms with van der Waals surface area (Å²) >= 11 is 18.1. The Bertz CT molecular complexity index is 2000. The fourth-order valence-corrected chi connectivity index (χ4v) is 7.28. The highest BCUT2D eigenvalue weighted by Crippen LogP contribution is 2.32. The van der Waals surface area contributed by atoms with Crippen LogP contribution < -0.4 is 10.2 Å². The second kappa shape index (κ2) is 18.4. The van der Waals surface area contributed by atoms with E-state index in [0.29, 0.717) is 56.2 Å². The topological polar surface area (TPSA) is 180 Å². The van der Waals surface area contributed by atoms with Gasteiger partial charge in [-0.2, -0.15) is 15.0 Å². The molecule has 2 amide bonds. The summed E-state index contributed by atoms with van der Waals surface area (Å²) in [5.74, 6) is 0.735. The van der Waals surface area contributed by atoms with Gasteiger partial charge >= 0.3 is 12.2 Å². The molecule has 21 heteroatoms. The molecule has 0 bridgehead atoms. The predicted molar refractivity (Wildman–Crippen MR) is 215 cm³/mol. The molecule has 4 aliphatic rings. The molecule has 0 spiro atoms. The SMILES string of the molecule is C1COCCN1.CC(C)(C)OC(=O)N1CC[C@H](n2cnc3c(Cl)nc(Cl)nc32)C1.CC(C)(C)OC(=O)N1CC[C@H](n2cnc3c(N4CCOCC4)nc(Cl)nc32)C1. The predicted octanol–water partition coefficient (Wildman–Crippen LogP) is 5.42. The maximum Gasteiger partial charge on any atom is 0.410 e. The number of hydrogen-bond acceptors (Lipinski definition) is 14. The van der Waals surface area contributed by atoms with Gasteiger partial charge in [0.25, 0.3) is 0 Å². The van der Waals surface area contributed by atoms with Gasteiger partial charge in [-0.3, -0.25) is 0 Å². The lowest BCUT2D eigenvalue weighted by Crippen LogP contribution is -2.37. The van der Waals surface area contributed by atoms with E-state index in [0.717, 1.165) is 63.6 Å². The second-order valence-electron chi connectivity index (χ2n) is 15.9. The highest BCUT2D eigenvalue weighted by Gasteiger charge is 2.34. The number of hydrogen-bond donors (Lipinski definition) is 1. The first-order chi connectivity index (χ1) is 27.1. The first kappa shape index (κ1) is 42.8. The summed E-state index contributed by atoms with van der Waals surface area (Å²) in [6.07, 6.45) is 4.41. The zero-order valence-electron chi connectivity index (χ0n) is 33.2. The van der Waals surface area contributed by atoms with E-state index in [9.17, 15) is 9.59 Å². The number of amides is 2. The van der Waals surface area contributed by atoms with E-state index >= 15 is 0 Å². The van der Waals surface area contributed by atoms with Gasteiger partial charge in [-0.1, -0.05) is 11.6 Å². The Morgan fingerprint density at radius 3 is 1.63 bits per heavy atom. The summed E-state index contributed by atoms with van der Waals surface area (Å²) < 4.78 is 25.2. The van der Waals surface area contributed by atoms with E-state index in [4.69, 9.17) is 53.8 Å². The molecule has 2 atom stereocenters. The van der Waals surface area contributed by atoms with Gasteiger partial charge in [0.15, 0.2) is 27.8 Å². The second-order valence-corrected chi connectivity index (χ2v) is 17.0.